The molecule has 0 saturated heterocycles. The van der Waals surface area contributed by atoms with Crippen LogP contribution in [0.4, 0.5) is 4.39 Å². The Labute approximate surface area is 146 Å². The zero-order valence-corrected chi connectivity index (χ0v) is 14.6. The van der Waals surface area contributed by atoms with E-state index in [0.717, 1.165) is 9.58 Å². The Morgan fingerprint density at radius 3 is 3.00 bits per heavy atom. The highest BCUT2D eigenvalue weighted by Gasteiger charge is 2.11. The van der Waals surface area contributed by atoms with Gasteiger partial charge in [0.2, 0.25) is 0 Å². The molecule has 0 aliphatic heterocycles. The summed E-state index contributed by atoms with van der Waals surface area (Å²) >= 11 is 2.83. The van der Waals surface area contributed by atoms with Gasteiger partial charge < -0.3 is 9.30 Å². The summed E-state index contributed by atoms with van der Waals surface area (Å²) in [7, 11) is 1.58. The fourth-order valence-electron chi connectivity index (χ4n) is 2.23. The second-order valence-electron chi connectivity index (χ2n) is 4.91. The summed E-state index contributed by atoms with van der Waals surface area (Å²) < 4.78 is 21.7. The van der Waals surface area contributed by atoms with E-state index in [1.54, 1.807) is 35.2 Å². The van der Waals surface area contributed by atoms with E-state index >= 15 is 0 Å². The number of hydrogen-bond donors (Lipinski definition) is 0. The van der Waals surface area contributed by atoms with Gasteiger partial charge in [-0.1, -0.05) is 23.5 Å². The van der Waals surface area contributed by atoms with Gasteiger partial charge in [-0.2, -0.15) is 4.99 Å². The predicted molar refractivity (Wildman–Crippen MR) is 95.6 cm³/mol. The average molecular weight is 362 g/mol. The molecular weight excluding hydrogens is 347 g/mol. The van der Waals surface area contributed by atoms with Crippen molar-refractivity contribution >= 4 is 44.9 Å². The maximum atomic E-state index is 14.2. The van der Waals surface area contributed by atoms with E-state index in [2.05, 4.69) is 4.99 Å². The molecule has 0 bridgehead atoms. The third kappa shape index (κ3) is 3.69. The SMILES string of the molecule is COCCn1c(=NC(=O)/C=C/c2cccs2)sc2cccc(F)c21. The van der Waals surface area contributed by atoms with Crippen molar-refractivity contribution in [2.24, 2.45) is 4.99 Å². The maximum absolute atomic E-state index is 14.2. The smallest absolute Gasteiger partial charge is 0.272 e. The van der Waals surface area contributed by atoms with Gasteiger partial charge in [0.25, 0.3) is 5.91 Å². The second kappa shape index (κ2) is 7.65. The van der Waals surface area contributed by atoms with Crippen LogP contribution >= 0.6 is 22.7 Å². The molecule has 0 fully saturated rings. The molecule has 4 nitrogen and oxygen atoms in total. The lowest BCUT2D eigenvalue weighted by Crippen LogP contribution is -2.19. The van der Waals surface area contributed by atoms with E-state index in [9.17, 15) is 9.18 Å². The van der Waals surface area contributed by atoms with Crippen molar-refractivity contribution in [2.75, 3.05) is 13.7 Å². The molecule has 24 heavy (non-hydrogen) atoms. The largest absolute Gasteiger partial charge is 0.383 e. The molecular formula is C17H15FN2O2S2. The summed E-state index contributed by atoms with van der Waals surface area (Å²) in [4.78, 5) is 17.7. The molecule has 0 atom stereocenters. The minimum atomic E-state index is -0.374. The van der Waals surface area contributed by atoms with Gasteiger partial charge in [0.05, 0.1) is 16.8 Å². The van der Waals surface area contributed by atoms with Gasteiger partial charge in [0, 0.05) is 24.6 Å². The average Bonchev–Trinajstić information content (AvgIpc) is 3.19. The second-order valence-corrected chi connectivity index (χ2v) is 6.90. The van der Waals surface area contributed by atoms with Gasteiger partial charge in [0.15, 0.2) is 4.80 Å². The number of carbonyl (C=O) groups excluding carboxylic acids is 1. The Hall–Kier alpha value is -2.09. The monoisotopic (exact) mass is 362 g/mol. The Bertz CT molecular complexity index is 939. The van der Waals surface area contributed by atoms with Crippen molar-refractivity contribution < 1.29 is 13.9 Å². The van der Waals surface area contributed by atoms with Crippen LogP contribution in [-0.4, -0.2) is 24.2 Å². The number of fused-ring (bicyclic) bond motifs is 1. The summed E-state index contributed by atoms with van der Waals surface area (Å²) in [5, 5.41) is 1.94. The first-order valence-electron chi connectivity index (χ1n) is 7.26. The predicted octanol–water partition coefficient (Wildman–Crippen LogP) is 3.69. The Morgan fingerprint density at radius 1 is 1.38 bits per heavy atom. The standard InChI is InChI=1S/C17H15FN2O2S2/c1-22-10-9-20-16-13(18)5-2-6-14(16)24-17(20)19-15(21)8-7-12-4-3-11-23-12/h2-8,11H,9-10H2,1H3/b8-7+,19-17?. The van der Waals surface area contributed by atoms with Gasteiger partial charge in [-0.25, -0.2) is 4.39 Å². The van der Waals surface area contributed by atoms with Crippen LogP contribution < -0.4 is 4.80 Å². The number of methoxy groups -OCH3 is 1. The van der Waals surface area contributed by atoms with Crippen LogP contribution in [0.25, 0.3) is 16.3 Å². The summed E-state index contributed by atoms with van der Waals surface area (Å²) in [6, 6.07) is 8.70. The van der Waals surface area contributed by atoms with Gasteiger partial charge in [-0.15, -0.1) is 11.3 Å². The molecule has 0 saturated carbocycles. The summed E-state index contributed by atoms with van der Waals surface area (Å²) in [5.41, 5.74) is 0.452. The highest BCUT2D eigenvalue weighted by atomic mass is 32.1. The van der Waals surface area contributed by atoms with Crippen LogP contribution in [0, 0.1) is 5.82 Å². The normalized spacial score (nSPS) is 12.5. The first-order valence-corrected chi connectivity index (χ1v) is 8.95. The molecule has 1 aromatic carbocycles. The maximum Gasteiger partial charge on any atom is 0.272 e. The first kappa shape index (κ1) is 16.8. The van der Waals surface area contributed by atoms with E-state index in [1.165, 1.54) is 23.5 Å². The molecule has 124 valence electrons. The number of halogens is 1. The van der Waals surface area contributed by atoms with Crippen LogP contribution in [0.5, 0.6) is 0 Å². The zero-order chi connectivity index (χ0) is 16.9. The Balaban J connectivity index is 2.00. The summed E-state index contributed by atoms with van der Waals surface area (Å²) in [5.74, 6) is -0.704. The fraction of sp³-hybridized carbons (Fsp3) is 0.176. The zero-order valence-electron chi connectivity index (χ0n) is 12.9. The third-order valence-corrected chi connectivity index (χ3v) is 5.19. The molecule has 3 rings (SSSR count). The van der Waals surface area contributed by atoms with E-state index < -0.39 is 0 Å². The molecule has 7 heteroatoms. The first-order chi connectivity index (χ1) is 11.7. The van der Waals surface area contributed by atoms with Gasteiger partial charge in [-0.3, -0.25) is 4.79 Å². The molecule has 0 spiro atoms. The number of rotatable bonds is 5. The van der Waals surface area contributed by atoms with Crippen LogP contribution in [0.15, 0.2) is 46.8 Å². The number of thiophene rings is 1. The molecule has 0 unspecified atom stereocenters. The molecule has 0 aliphatic carbocycles. The fourth-order valence-corrected chi connectivity index (χ4v) is 3.93. The Morgan fingerprint density at radius 2 is 2.25 bits per heavy atom. The molecule has 0 N–H and O–H groups in total. The van der Waals surface area contributed by atoms with Crippen LogP contribution in [-0.2, 0) is 16.1 Å². The molecule has 2 heterocycles. The molecule has 0 radical (unpaired) electrons. The van der Waals surface area contributed by atoms with Gasteiger partial charge in [-0.05, 0) is 29.7 Å². The lowest BCUT2D eigenvalue weighted by atomic mass is 10.3. The number of amides is 1. The van der Waals surface area contributed by atoms with Crippen molar-refractivity contribution in [1.82, 2.24) is 4.57 Å². The van der Waals surface area contributed by atoms with Crippen molar-refractivity contribution in [1.29, 1.82) is 0 Å². The minimum absolute atomic E-state index is 0.331. The quantitative estimate of drug-likeness (QED) is 0.650. The van der Waals surface area contributed by atoms with Crippen LogP contribution in [0.1, 0.15) is 4.88 Å². The number of thiazole rings is 1. The number of aromatic nitrogens is 1. The minimum Gasteiger partial charge on any atom is -0.383 e. The van der Waals surface area contributed by atoms with E-state index in [4.69, 9.17) is 4.74 Å². The number of hydrogen-bond acceptors (Lipinski definition) is 4. The number of carbonyl (C=O) groups is 1. The lowest BCUT2D eigenvalue weighted by molar-refractivity contribution is -0.113. The van der Waals surface area contributed by atoms with Crippen LogP contribution in [0.3, 0.4) is 0 Å². The highest BCUT2D eigenvalue weighted by molar-refractivity contribution is 7.16. The van der Waals surface area contributed by atoms with E-state index in [-0.39, 0.29) is 11.7 Å². The van der Waals surface area contributed by atoms with Gasteiger partial charge >= 0.3 is 0 Å². The number of ether oxygens (including phenoxy) is 1. The van der Waals surface area contributed by atoms with Gasteiger partial charge in [0.1, 0.15) is 5.82 Å². The Kier molecular flexibility index (Phi) is 5.34. The van der Waals surface area contributed by atoms with Crippen molar-refractivity contribution in [3.8, 4) is 0 Å². The molecule has 1 amide bonds. The number of para-hydroxylation sites is 1. The van der Waals surface area contributed by atoms with E-state index in [0.29, 0.717) is 23.5 Å². The summed E-state index contributed by atoms with van der Waals surface area (Å²) in [6.45, 7) is 0.838. The van der Waals surface area contributed by atoms with Crippen molar-refractivity contribution in [2.45, 2.75) is 6.54 Å². The van der Waals surface area contributed by atoms with Crippen molar-refractivity contribution in [3.05, 3.63) is 57.3 Å². The van der Waals surface area contributed by atoms with Crippen LogP contribution in [0.2, 0.25) is 0 Å². The van der Waals surface area contributed by atoms with Crippen molar-refractivity contribution in [3.63, 3.8) is 0 Å². The topological polar surface area (TPSA) is 43.6 Å². The number of benzene rings is 1. The molecule has 2 aromatic heterocycles. The lowest BCUT2D eigenvalue weighted by Gasteiger charge is -2.04. The summed E-state index contributed by atoms with van der Waals surface area (Å²) in [6.07, 6.45) is 3.15. The number of nitrogens with zero attached hydrogens (tertiary/aromatic N) is 2. The highest BCUT2D eigenvalue weighted by Crippen LogP contribution is 2.20. The molecule has 0 aliphatic rings. The third-order valence-electron chi connectivity index (χ3n) is 3.31. The van der Waals surface area contributed by atoms with E-state index in [1.807, 2.05) is 23.6 Å². The molecule has 3 aromatic rings.